The quantitative estimate of drug-likeness (QED) is 0.692. The monoisotopic (exact) mass is 395 g/mol. The summed E-state index contributed by atoms with van der Waals surface area (Å²) in [5.74, 6) is 0.849. The van der Waals surface area contributed by atoms with Crippen LogP contribution in [0, 0.1) is 5.41 Å². The van der Waals surface area contributed by atoms with Crippen LogP contribution in [0.3, 0.4) is 0 Å². The third-order valence-corrected chi connectivity index (χ3v) is 6.73. The topological polar surface area (TPSA) is 30.9 Å². The molecule has 4 atom stereocenters. The zero-order valence-corrected chi connectivity index (χ0v) is 18.1. The van der Waals surface area contributed by atoms with Crippen LogP contribution in [0.2, 0.25) is 5.02 Å². The molecule has 0 bridgehead atoms. The number of benzene rings is 1. The molecule has 5 heteroatoms. The van der Waals surface area contributed by atoms with E-state index in [1.54, 1.807) is 0 Å². The second-order valence-electron chi connectivity index (χ2n) is 9.07. The van der Waals surface area contributed by atoms with Crippen molar-refractivity contribution in [2.75, 3.05) is 26.4 Å². The van der Waals surface area contributed by atoms with Crippen LogP contribution in [0.25, 0.3) is 0 Å². The fraction of sp³-hybridized carbons (Fsp3) is 0.727. The first-order valence-corrected chi connectivity index (χ1v) is 10.5. The van der Waals surface area contributed by atoms with Gasteiger partial charge in [0.2, 0.25) is 0 Å². The Morgan fingerprint density at radius 2 is 1.81 bits per heavy atom. The van der Waals surface area contributed by atoms with Crippen molar-refractivity contribution < 1.29 is 14.2 Å². The molecule has 27 heavy (non-hydrogen) atoms. The molecule has 0 radical (unpaired) electrons. The van der Waals surface area contributed by atoms with Crippen LogP contribution in [0.15, 0.2) is 24.3 Å². The van der Waals surface area contributed by atoms with E-state index < -0.39 is 0 Å². The van der Waals surface area contributed by atoms with E-state index in [2.05, 4.69) is 39.5 Å². The zero-order chi connectivity index (χ0) is 19.7. The van der Waals surface area contributed by atoms with Crippen molar-refractivity contribution in [1.82, 2.24) is 4.90 Å². The van der Waals surface area contributed by atoms with Gasteiger partial charge in [-0.2, -0.15) is 0 Å². The molecule has 2 saturated heterocycles. The van der Waals surface area contributed by atoms with Gasteiger partial charge in [0.05, 0.1) is 31.5 Å². The van der Waals surface area contributed by atoms with Crippen LogP contribution in [0.1, 0.15) is 47.5 Å². The summed E-state index contributed by atoms with van der Waals surface area (Å²) in [6.07, 6.45) is 2.42. The average molecular weight is 396 g/mol. The number of hydrogen-bond acceptors (Lipinski definition) is 4. The highest BCUT2D eigenvalue weighted by atomic mass is 35.5. The fourth-order valence-corrected chi connectivity index (χ4v) is 4.25. The van der Waals surface area contributed by atoms with E-state index in [9.17, 15) is 0 Å². The van der Waals surface area contributed by atoms with E-state index in [1.165, 1.54) is 0 Å². The third-order valence-electron chi connectivity index (χ3n) is 6.48. The third kappa shape index (κ3) is 4.79. The minimum Gasteiger partial charge on any atom is -0.493 e. The van der Waals surface area contributed by atoms with Gasteiger partial charge < -0.3 is 14.2 Å². The van der Waals surface area contributed by atoms with Crippen molar-refractivity contribution in [1.29, 1.82) is 0 Å². The predicted molar refractivity (Wildman–Crippen MR) is 110 cm³/mol. The molecule has 4 unspecified atom stereocenters. The molecule has 2 aliphatic rings. The molecule has 0 amide bonds. The molecule has 1 aromatic carbocycles. The molecule has 0 spiro atoms. The van der Waals surface area contributed by atoms with Gasteiger partial charge in [0, 0.05) is 29.1 Å². The number of hydrogen-bond donors (Lipinski definition) is 0. The smallest absolute Gasteiger partial charge is 0.119 e. The second kappa shape index (κ2) is 8.28. The molecule has 2 heterocycles. The van der Waals surface area contributed by atoms with Crippen LogP contribution >= 0.6 is 11.6 Å². The Morgan fingerprint density at radius 3 is 2.44 bits per heavy atom. The van der Waals surface area contributed by atoms with Crippen LogP contribution in [0.4, 0.5) is 0 Å². The van der Waals surface area contributed by atoms with E-state index in [0.29, 0.717) is 18.7 Å². The van der Waals surface area contributed by atoms with Gasteiger partial charge in [-0.1, -0.05) is 25.4 Å². The van der Waals surface area contributed by atoms with Gasteiger partial charge in [-0.15, -0.1) is 0 Å². The van der Waals surface area contributed by atoms with Crippen LogP contribution < -0.4 is 4.74 Å². The SMILES string of the molecule is CC1COCC(C)N1CC1CCC(C)(C(C)(C)COc2ccc(Cl)cc2)O1. The Morgan fingerprint density at radius 1 is 1.19 bits per heavy atom. The highest BCUT2D eigenvalue weighted by Crippen LogP contribution is 2.44. The van der Waals surface area contributed by atoms with Gasteiger partial charge in [0.15, 0.2) is 0 Å². The maximum Gasteiger partial charge on any atom is 0.119 e. The summed E-state index contributed by atoms with van der Waals surface area (Å²) in [7, 11) is 0. The molecule has 4 nitrogen and oxygen atoms in total. The van der Waals surface area contributed by atoms with Crippen molar-refractivity contribution in [3.63, 3.8) is 0 Å². The van der Waals surface area contributed by atoms with E-state index >= 15 is 0 Å². The Labute approximate surface area is 169 Å². The van der Waals surface area contributed by atoms with Gasteiger partial charge in [0.25, 0.3) is 0 Å². The molecule has 0 saturated carbocycles. The van der Waals surface area contributed by atoms with E-state index in [1.807, 2.05) is 24.3 Å². The summed E-state index contributed by atoms with van der Waals surface area (Å²) in [4.78, 5) is 2.54. The largest absolute Gasteiger partial charge is 0.493 e. The van der Waals surface area contributed by atoms with Gasteiger partial charge >= 0.3 is 0 Å². The van der Waals surface area contributed by atoms with Gasteiger partial charge in [0.1, 0.15) is 5.75 Å². The lowest BCUT2D eigenvalue weighted by molar-refractivity contribution is -0.130. The fourth-order valence-electron chi connectivity index (χ4n) is 4.13. The van der Waals surface area contributed by atoms with Crippen molar-refractivity contribution in [2.45, 2.75) is 71.2 Å². The first-order chi connectivity index (χ1) is 12.7. The number of morpholine rings is 1. The Kier molecular flexibility index (Phi) is 6.41. The molecule has 1 aromatic rings. The van der Waals surface area contributed by atoms with Crippen LogP contribution in [0.5, 0.6) is 5.75 Å². The van der Waals surface area contributed by atoms with Gasteiger partial charge in [-0.05, 0) is 57.9 Å². The first kappa shape index (κ1) is 20.9. The lowest BCUT2D eigenvalue weighted by Gasteiger charge is -2.43. The highest BCUT2D eigenvalue weighted by Gasteiger charge is 2.48. The molecular weight excluding hydrogens is 362 g/mol. The summed E-state index contributed by atoms with van der Waals surface area (Å²) in [6, 6.07) is 8.45. The van der Waals surface area contributed by atoms with E-state index in [4.69, 9.17) is 25.8 Å². The zero-order valence-electron chi connectivity index (χ0n) is 17.3. The maximum atomic E-state index is 6.64. The normalized spacial score (nSPS) is 32.6. The lowest BCUT2D eigenvalue weighted by Crippen LogP contribution is -2.53. The summed E-state index contributed by atoms with van der Waals surface area (Å²) in [5.41, 5.74) is -0.285. The molecule has 0 aromatic heterocycles. The van der Waals surface area contributed by atoms with E-state index in [0.717, 1.165) is 43.4 Å². The maximum absolute atomic E-state index is 6.64. The first-order valence-electron chi connectivity index (χ1n) is 10.1. The van der Waals surface area contributed by atoms with Crippen molar-refractivity contribution in [3.8, 4) is 5.75 Å². The van der Waals surface area contributed by atoms with Gasteiger partial charge in [-0.3, -0.25) is 4.90 Å². The Bertz CT molecular complexity index is 610. The average Bonchev–Trinajstić information content (AvgIpc) is 3.01. The molecule has 3 rings (SSSR count). The summed E-state index contributed by atoms with van der Waals surface area (Å²) in [5, 5.41) is 0.724. The van der Waals surface area contributed by atoms with Crippen LogP contribution in [-0.4, -0.2) is 55.1 Å². The Balaban J connectivity index is 1.57. The number of halogens is 1. The molecule has 2 aliphatic heterocycles. The molecule has 2 fully saturated rings. The number of ether oxygens (including phenoxy) is 3. The lowest BCUT2D eigenvalue weighted by atomic mass is 9.75. The van der Waals surface area contributed by atoms with Crippen LogP contribution in [-0.2, 0) is 9.47 Å². The highest BCUT2D eigenvalue weighted by molar-refractivity contribution is 6.30. The molecule has 152 valence electrons. The summed E-state index contributed by atoms with van der Waals surface area (Å²) >= 11 is 5.96. The summed E-state index contributed by atoms with van der Waals surface area (Å²) in [6.45, 7) is 14.4. The second-order valence-corrected chi connectivity index (χ2v) is 9.50. The predicted octanol–water partition coefficient (Wildman–Crippen LogP) is 4.79. The molecular formula is C22H34ClNO3. The van der Waals surface area contributed by atoms with Crippen molar-refractivity contribution in [2.24, 2.45) is 5.41 Å². The number of rotatable bonds is 6. The van der Waals surface area contributed by atoms with Gasteiger partial charge in [-0.25, -0.2) is 0 Å². The minimum absolute atomic E-state index is 0.0936. The summed E-state index contributed by atoms with van der Waals surface area (Å²) < 4.78 is 18.4. The molecule has 0 N–H and O–H groups in total. The van der Waals surface area contributed by atoms with Crippen molar-refractivity contribution in [3.05, 3.63) is 29.3 Å². The standard InChI is InChI=1S/C22H34ClNO3/c1-16-13-25-14-17(2)24(16)12-20-10-11-22(5,27-20)21(3,4)15-26-19-8-6-18(23)7-9-19/h6-9,16-17,20H,10-15H2,1-5H3. The van der Waals surface area contributed by atoms with Crippen molar-refractivity contribution >= 4 is 11.6 Å². The molecule has 0 aliphatic carbocycles. The number of nitrogens with zero attached hydrogens (tertiary/aromatic N) is 1. The minimum atomic E-state index is -0.192. The van der Waals surface area contributed by atoms with E-state index in [-0.39, 0.29) is 17.1 Å². The Hall–Kier alpha value is -0.810.